The second-order valence-corrected chi connectivity index (χ2v) is 10.7. The Balaban J connectivity index is 0.000000230. The molecular weight excluding hydrogens is 544 g/mol. The van der Waals surface area contributed by atoms with E-state index >= 15 is 0 Å². The van der Waals surface area contributed by atoms with E-state index in [1.807, 2.05) is 41.3 Å². The van der Waals surface area contributed by atoms with Crippen molar-refractivity contribution in [2.75, 3.05) is 62.3 Å². The molecule has 0 aliphatic carbocycles. The summed E-state index contributed by atoms with van der Waals surface area (Å²) in [6, 6.07) is 33.5. The zero-order chi connectivity index (χ0) is 30.2. The molecule has 0 aliphatic heterocycles. The third-order valence-electron chi connectivity index (χ3n) is 6.99. The van der Waals surface area contributed by atoms with Crippen molar-refractivity contribution in [1.82, 2.24) is 0 Å². The normalized spacial score (nSPS) is 10.6. The molecule has 0 radical (unpaired) electrons. The monoisotopic (exact) mass is 588 g/mol. The Morgan fingerprint density at radius 1 is 0.524 bits per heavy atom. The van der Waals surface area contributed by atoms with Crippen molar-refractivity contribution in [2.45, 2.75) is 19.8 Å². The zero-order valence-electron chi connectivity index (χ0n) is 24.6. The summed E-state index contributed by atoms with van der Waals surface area (Å²) in [5, 5.41) is 18.9. The molecular formula is C35H45ClN4O2. The number of benzene rings is 4. The molecule has 0 fully saturated rings. The van der Waals surface area contributed by atoms with Gasteiger partial charge in [0.15, 0.2) is 0 Å². The van der Waals surface area contributed by atoms with Gasteiger partial charge >= 0.3 is 0 Å². The van der Waals surface area contributed by atoms with Crippen LogP contribution in [0.3, 0.4) is 0 Å². The number of nitrogens with zero attached hydrogens (tertiary/aromatic N) is 2. The quantitative estimate of drug-likeness (QED) is 0.165. The minimum atomic E-state index is 0.0759. The molecule has 4 rings (SSSR count). The smallest absolute Gasteiger partial charge is 0.0606 e. The van der Waals surface area contributed by atoms with Crippen molar-refractivity contribution < 1.29 is 10.2 Å². The van der Waals surface area contributed by atoms with Crippen LogP contribution >= 0.6 is 11.6 Å². The lowest BCUT2D eigenvalue weighted by atomic mass is 10.0. The maximum atomic E-state index is 9.06. The minimum absolute atomic E-state index is 0.0759. The SMILES string of the molecule is Cc1ccc(Cc2ccc(N(CCN)CCN)cc2)cc1.OCCN(CCO)c1ccc(Cc2ccc(Cl)cc2)cc1. The lowest BCUT2D eigenvalue weighted by Gasteiger charge is -2.23. The van der Waals surface area contributed by atoms with Crippen LogP contribution in [0.25, 0.3) is 0 Å². The summed E-state index contributed by atoms with van der Waals surface area (Å²) in [5.41, 5.74) is 19.9. The van der Waals surface area contributed by atoms with Gasteiger partial charge in [0.1, 0.15) is 0 Å². The fourth-order valence-electron chi connectivity index (χ4n) is 4.72. The average Bonchev–Trinajstić information content (AvgIpc) is 3.00. The predicted octanol–water partition coefficient (Wildman–Crippen LogP) is 5.03. The molecule has 0 saturated heterocycles. The number of rotatable bonds is 14. The van der Waals surface area contributed by atoms with Crippen molar-refractivity contribution in [2.24, 2.45) is 11.5 Å². The number of anilines is 2. The summed E-state index contributed by atoms with van der Waals surface area (Å²) >= 11 is 5.88. The molecule has 0 saturated carbocycles. The highest BCUT2D eigenvalue weighted by Crippen LogP contribution is 2.19. The van der Waals surface area contributed by atoms with Crippen molar-refractivity contribution in [3.8, 4) is 0 Å². The molecule has 0 aromatic heterocycles. The molecule has 0 atom stereocenters. The number of aliphatic hydroxyl groups excluding tert-OH is 2. The topological polar surface area (TPSA) is 99.0 Å². The Hall–Kier alpha value is -3.39. The van der Waals surface area contributed by atoms with Crippen LogP contribution in [0.1, 0.15) is 27.8 Å². The van der Waals surface area contributed by atoms with Crippen LogP contribution in [0.5, 0.6) is 0 Å². The van der Waals surface area contributed by atoms with Crippen LogP contribution in [0, 0.1) is 6.92 Å². The van der Waals surface area contributed by atoms with E-state index in [0.717, 1.165) is 36.6 Å². The Labute approximate surface area is 256 Å². The molecule has 224 valence electrons. The summed E-state index contributed by atoms with van der Waals surface area (Å²) in [6.45, 7) is 6.29. The van der Waals surface area contributed by atoms with Gasteiger partial charge < -0.3 is 31.5 Å². The molecule has 42 heavy (non-hydrogen) atoms. The molecule has 0 bridgehead atoms. The van der Waals surface area contributed by atoms with Gasteiger partial charge in [-0.3, -0.25) is 0 Å². The van der Waals surface area contributed by atoms with Crippen LogP contribution in [0.2, 0.25) is 5.02 Å². The molecule has 0 unspecified atom stereocenters. The molecule has 7 heteroatoms. The van der Waals surface area contributed by atoms with Gasteiger partial charge in [-0.1, -0.05) is 77.8 Å². The first-order valence-electron chi connectivity index (χ1n) is 14.5. The summed E-state index contributed by atoms with van der Waals surface area (Å²) in [4.78, 5) is 4.20. The Morgan fingerprint density at radius 2 is 0.857 bits per heavy atom. The number of hydrogen-bond donors (Lipinski definition) is 4. The summed E-state index contributed by atoms with van der Waals surface area (Å²) < 4.78 is 0. The molecule has 0 heterocycles. The predicted molar refractivity (Wildman–Crippen MR) is 178 cm³/mol. The van der Waals surface area contributed by atoms with Gasteiger partial charge in [0.2, 0.25) is 0 Å². The first-order valence-corrected chi connectivity index (χ1v) is 14.9. The highest BCUT2D eigenvalue weighted by Gasteiger charge is 2.06. The number of aliphatic hydroxyl groups is 2. The second-order valence-electron chi connectivity index (χ2n) is 10.3. The van der Waals surface area contributed by atoms with E-state index in [9.17, 15) is 0 Å². The summed E-state index contributed by atoms with van der Waals surface area (Å²) in [6.07, 6.45) is 1.83. The first kappa shape index (κ1) is 33.1. The van der Waals surface area contributed by atoms with E-state index in [-0.39, 0.29) is 13.2 Å². The van der Waals surface area contributed by atoms with Gasteiger partial charge in [0, 0.05) is 55.7 Å². The Morgan fingerprint density at radius 3 is 1.21 bits per heavy atom. The fraction of sp³-hybridized carbons (Fsp3) is 0.314. The van der Waals surface area contributed by atoms with Crippen molar-refractivity contribution in [3.63, 3.8) is 0 Å². The van der Waals surface area contributed by atoms with E-state index in [1.165, 1.54) is 33.5 Å². The van der Waals surface area contributed by atoms with E-state index in [0.29, 0.717) is 26.2 Å². The number of hydrogen-bond acceptors (Lipinski definition) is 6. The lowest BCUT2D eigenvalue weighted by Crippen LogP contribution is -2.33. The van der Waals surface area contributed by atoms with Crippen LogP contribution in [0.4, 0.5) is 11.4 Å². The van der Waals surface area contributed by atoms with E-state index < -0.39 is 0 Å². The van der Waals surface area contributed by atoms with Gasteiger partial charge in [-0.25, -0.2) is 0 Å². The molecule has 4 aromatic carbocycles. The molecule has 6 N–H and O–H groups in total. The van der Waals surface area contributed by atoms with Crippen molar-refractivity contribution in [3.05, 3.63) is 130 Å². The molecule has 0 aliphatic rings. The maximum Gasteiger partial charge on any atom is 0.0606 e. The Bertz CT molecular complexity index is 1170. The molecule has 0 amide bonds. The molecule has 6 nitrogen and oxygen atoms in total. The summed E-state index contributed by atoms with van der Waals surface area (Å²) in [5.74, 6) is 0. The minimum Gasteiger partial charge on any atom is -0.395 e. The van der Waals surface area contributed by atoms with E-state index in [4.69, 9.17) is 33.3 Å². The Kier molecular flexibility index (Phi) is 14.4. The van der Waals surface area contributed by atoms with Crippen LogP contribution in [-0.2, 0) is 12.8 Å². The largest absolute Gasteiger partial charge is 0.395 e. The summed E-state index contributed by atoms with van der Waals surface area (Å²) in [7, 11) is 0. The van der Waals surface area contributed by atoms with Crippen LogP contribution in [-0.4, -0.2) is 62.7 Å². The lowest BCUT2D eigenvalue weighted by molar-refractivity contribution is 0.281. The van der Waals surface area contributed by atoms with Gasteiger partial charge in [-0.2, -0.15) is 0 Å². The first-order chi connectivity index (χ1) is 20.4. The van der Waals surface area contributed by atoms with E-state index in [2.05, 4.69) is 72.5 Å². The number of halogens is 1. The fourth-order valence-corrected chi connectivity index (χ4v) is 4.85. The van der Waals surface area contributed by atoms with Crippen molar-refractivity contribution >= 4 is 23.0 Å². The van der Waals surface area contributed by atoms with Crippen LogP contribution in [0.15, 0.2) is 97.1 Å². The van der Waals surface area contributed by atoms with Gasteiger partial charge in [0.05, 0.1) is 13.2 Å². The number of nitrogens with two attached hydrogens (primary N) is 2. The zero-order valence-corrected chi connectivity index (χ0v) is 25.4. The van der Waals surface area contributed by atoms with Crippen molar-refractivity contribution in [1.29, 1.82) is 0 Å². The molecule has 0 spiro atoms. The maximum absolute atomic E-state index is 9.06. The second kappa shape index (κ2) is 18.2. The average molecular weight is 589 g/mol. The van der Waals surface area contributed by atoms with Gasteiger partial charge in [-0.05, 0) is 78.4 Å². The van der Waals surface area contributed by atoms with Gasteiger partial charge in [-0.15, -0.1) is 0 Å². The third kappa shape index (κ3) is 11.1. The van der Waals surface area contributed by atoms with E-state index in [1.54, 1.807) is 0 Å². The van der Waals surface area contributed by atoms with Crippen LogP contribution < -0.4 is 21.3 Å². The molecule has 4 aromatic rings. The number of aryl methyl sites for hydroxylation is 1. The standard InChI is InChI=1S/C18H25N3.C17H20ClNO2/c1-15-2-4-16(5-3-15)14-17-6-8-18(9-7-17)21(12-10-19)13-11-20;18-16-5-1-14(2-6-16)13-15-3-7-17(8-4-15)19(9-11-20)10-12-21/h2-9H,10-14,19-20H2,1H3;1-8,20-21H,9-13H2. The highest BCUT2D eigenvalue weighted by molar-refractivity contribution is 6.30. The third-order valence-corrected chi connectivity index (χ3v) is 7.24. The highest BCUT2D eigenvalue weighted by atomic mass is 35.5. The van der Waals surface area contributed by atoms with Gasteiger partial charge in [0.25, 0.3) is 0 Å².